The Morgan fingerprint density at radius 3 is 2.44 bits per heavy atom. The molecule has 1 aliphatic heterocycles. The molecule has 2 aromatic rings. The zero-order valence-corrected chi connectivity index (χ0v) is 15.6. The van der Waals surface area contributed by atoms with Gasteiger partial charge in [0, 0.05) is 13.1 Å². The highest BCUT2D eigenvalue weighted by atomic mass is 35.5. The van der Waals surface area contributed by atoms with Crippen LogP contribution < -0.4 is 4.74 Å². The summed E-state index contributed by atoms with van der Waals surface area (Å²) in [5, 5.41) is 10.2. The number of hydrogen-bond donors (Lipinski definition) is 1. The van der Waals surface area contributed by atoms with E-state index in [9.17, 15) is 5.11 Å². The third-order valence-corrected chi connectivity index (χ3v) is 4.61. The lowest BCUT2D eigenvalue weighted by atomic mass is 10.0. The lowest BCUT2D eigenvalue weighted by Gasteiger charge is -2.32. The Morgan fingerprint density at radius 2 is 1.76 bits per heavy atom. The Morgan fingerprint density at radius 1 is 1.08 bits per heavy atom. The van der Waals surface area contributed by atoms with Gasteiger partial charge in [-0.25, -0.2) is 0 Å². The zero-order chi connectivity index (χ0) is 16.8. The lowest BCUT2D eigenvalue weighted by Crippen LogP contribution is -2.41. The minimum absolute atomic E-state index is 0. The second-order valence-electron chi connectivity index (χ2n) is 6.86. The van der Waals surface area contributed by atoms with E-state index >= 15 is 0 Å². The predicted octanol–water partition coefficient (Wildman–Crippen LogP) is 4.25. The van der Waals surface area contributed by atoms with E-state index < -0.39 is 6.10 Å². The zero-order valence-electron chi connectivity index (χ0n) is 14.8. The SMILES string of the molecule is CC1CCCN(CC(O)COc2ccc(-c3ccccc3)cc2)C1.Cl. The fourth-order valence-corrected chi connectivity index (χ4v) is 3.37. The van der Waals surface area contributed by atoms with Gasteiger partial charge in [-0.2, -0.15) is 0 Å². The molecule has 3 nitrogen and oxygen atoms in total. The Kier molecular flexibility index (Phi) is 7.76. The van der Waals surface area contributed by atoms with Crippen molar-refractivity contribution in [1.29, 1.82) is 0 Å². The number of aliphatic hydroxyl groups is 1. The molecule has 1 saturated heterocycles. The molecule has 25 heavy (non-hydrogen) atoms. The molecule has 1 heterocycles. The number of ether oxygens (including phenoxy) is 1. The van der Waals surface area contributed by atoms with Gasteiger partial charge in [-0.15, -0.1) is 12.4 Å². The van der Waals surface area contributed by atoms with Gasteiger partial charge in [-0.3, -0.25) is 0 Å². The smallest absolute Gasteiger partial charge is 0.119 e. The molecule has 1 N–H and O–H groups in total. The normalized spacial score (nSPS) is 19.0. The molecule has 136 valence electrons. The van der Waals surface area contributed by atoms with Crippen LogP contribution in [0.2, 0.25) is 0 Å². The molecule has 0 spiro atoms. The van der Waals surface area contributed by atoms with Crippen molar-refractivity contribution < 1.29 is 9.84 Å². The highest BCUT2D eigenvalue weighted by molar-refractivity contribution is 5.85. The highest BCUT2D eigenvalue weighted by Crippen LogP contribution is 2.22. The molecule has 0 radical (unpaired) electrons. The number of β-amino-alcohol motifs (C(OH)–C–C–N with tert-alkyl or cyclic N) is 1. The molecule has 3 rings (SSSR count). The largest absolute Gasteiger partial charge is 0.491 e. The summed E-state index contributed by atoms with van der Waals surface area (Å²) >= 11 is 0. The van der Waals surface area contributed by atoms with Gasteiger partial charge >= 0.3 is 0 Å². The van der Waals surface area contributed by atoms with Gasteiger partial charge in [0.2, 0.25) is 0 Å². The van der Waals surface area contributed by atoms with E-state index in [0.29, 0.717) is 13.2 Å². The minimum atomic E-state index is -0.441. The second-order valence-corrected chi connectivity index (χ2v) is 6.86. The van der Waals surface area contributed by atoms with Crippen molar-refractivity contribution in [1.82, 2.24) is 4.90 Å². The van der Waals surface area contributed by atoms with Crippen molar-refractivity contribution in [3.8, 4) is 16.9 Å². The van der Waals surface area contributed by atoms with Gasteiger partial charge in [0.05, 0.1) is 0 Å². The van der Waals surface area contributed by atoms with Gasteiger partial charge in [0.25, 0.3) is 0 Å². The van der Waals surface area contributed by atoms with Gasteiger partial charge < -0.3 is 14.7 Å². The summed E-state index contributed by atoms with van der Waals surface area (Å²) < 4.78 is 5.75. The summed E-state index contributed by atoms with van der Waals surface area (Å²) in [7, 11) is 0. The first kappa shape index (κ1) is 19.8. The maximum Gasteiger partial charge on any atom is 0.119 e. The molecule has 2 unspecified atom stereocenters. The van der Waals surface area contributed by atoms with Crippen LogP contribution in [-0.4, -0.2) is 42.4 Å². The summed E-state index contributed by atoms with van der Waals surface area (Å²) in [6.07, 6.45) is 2.09. The number of likely N-dealkylation sites (tertiary alicyclic amines) is 1. The first-order valence-corrected chi connectivity index (χ1v) is 8.89. The summed E-state index contributed by atoms with van der Waals surface area (Å²) in [4.78, 5) is 2.35. The minimum Gasteiger partial charge on any atom is -0.491 e. The second kappa shape index (κ2) is 9.81. The average molecular weight is 362 g/mol. The Labute approximate surface area is 157 Å². The van der Waals surface area contributed by atoms with E-state index in [1.807, 2.05) is 30.3 Å². The molecule has 0 aromatic heterocycles. The number of benzene rings is 2. The molecule has 1 aliphatic rings. The van der Waals surface area contributed by atoms with Crippen molar-refractivity contribution in [2.75, 3.05) is 26.2 Å². The third kappa shape index (κ3) is 6.03. The van der Waals surface area contributed by atoms with Crippen LogP contribution >= 0.6 is 12.4 Å². The van der Waals surface area contributed by atoms with Gasteiger partial charge in [0.1, 0.15) is 18.5 Å². The summed E-state index contributed by atoms with van der Waals surface area (Å²) in [5.41, 5.74) is 2.37. The first-order valence-electron chi connectivity index (χ1n) is 8.89. The topological polar surface area (TPSA) is 32.7 Å². The number of halogens is 1. The van der Waals surface area contributed by atoms with Crippen LogP contribution in [0.3, 0.4) is 0 Å². The fourth-order valence-electron chi connectivity index (χ4n) is 3.37. The van der Waals surface area contributed by atoms with Crippen molar-refractivity contribution in [3.63, 3.8) is 0 Å². The van der Waals surface area contributed by atoms with E-state index in [1.54, 1.807) is 0 Å². The molecule has 4 heteroatoms. The highest BCUT2D eigenvalue weighted by Gasteiger charge is 2.19. The van der Waals surface area contributed by atoms with Crippen LogP contribution in [0.4, 0.5) is 0 Å². The standard InChI is InChI=1S/C21H27NO2.ClH/c1-17-6-5-13-22(14-17)15-20(23)16-24-21-11-9-19(10-12-21)18-7-3-2-4-8-18;/h2-4,7-12,17,20,23H,5-6,13-16H2,1H3;1H. The van der Waals surface area contributed by atoms with Crippen LogP contribution in [-0.2, 0) is 0 Å². The summed E-state index contributed by atoms with van der Waals surface area (Å²) in [5.74, 6) is 1.54. The molecular weight excluding hydrogens is 334 g/mol. The molecule has 0 aliphatic carbocycles. The van der Waals surface area contributed by atoms with Crippen LogP contribution in [0.5, 0.6) is 5.75 Å². The van der Waals surface area contributed by atoms with E-state index in [1.165, 1.54) is 24.0 Å². The molecule has 2 aromatic carbocycles. The van der Waals surface area contributed by atoms with Crippen molar-refractivity contribution >= 4 is 12.4 Å². The van der Waals surface area contributed by atoms with Gasteiger partial charge in [0.15, 0.2) is 0 Å². The van der Waals surface area contributed by atoms with E-state index in [0.717, 1.165) is 24.8 Å². The molecule has 2 atom stereocenters. The lowest BCUT2D eigenvalue weighted by molar-refractivity contribution is 0.0537. The molecule has 0 amide bonds. The number of piperidine rings is 1. The Bertz CT molecular complexity index is 618. The molecule has 1 fully saturated rings. The Hall–Kier alpha value is -1.55. The van der Waals surface area contributed by atoms with Crippen LogP contribution in [0, 0.1) is 5.92 Å². The van der Waals surface area contributed by atoms with Gasteiger partial charge in [-0.05, 0) is 48.6 Å². The number of nitrogens with zero attached hydrogens (tertiary/aromatic N) is 1. The quantitative estimate of drug-likeness (QED) is 0.835. The summed E-state index contributed by atoms with van der Waals surface area (Å²) in [6.45, 7) is 5.50. The number of aliphatic hydroxyl groups excluding tert-OH is 1. The number of rotatable bonds is 6. The molecular formula is C21H28ClNO2. The molecule has 0 bridgehead atoms. The average Bonchev–Trinajstić information content (AvgIpc) is 2.61. The van der Waals surface area contributed by atoms with Crippen LogP contribution in [0.1, 0.15) is 19.8 Å². The fraction of sp³-hybridized carbons (Fsp3) is 0.429. The van der Waals surface area contributed by atoms with Crippen molar-refractivity contribution in [2.45, 2.75) is 25.9 Å². The maximum atomic E-state index is 10.2. The first-order chi connectivity index (χ1) is 11.7. The summed E-state index contributed by atoms with van der Waals surface area (Å²) in [6, 6.07) is 18.3. The van der Waals surface area contributed by atoms with E-state index in [-0.39, 0.29) is 12.4 Å². The molecule has 0 saturated carbocycles. The van der Waals surface area contributed by atoms with Crippen LogP contribution in [0.25, 0.3) is 11.1 Å². The third-order valence-electron chi connectivity index (χ3n) is 4.61. The van der Waals surface area contributed by atoms with Crippen molar-refractivity contribution in [2.24, 2.45) is 5.92 Å². The monoisotopic (exact) mass is 361 g/mol. The van der Waals surface area contributed by atoms with Crippen LogP contribution in [0.15, 0.2) is 54.6 Å². The maximum absolute atomic E-state index is 10.2. The number of hydrogen-bond acceptors (Lipinski definition) is 3. The van der Waals surface area contributed by atoms with Crippen molar-refractivity contribution in [3.05, 3.63) is 54.6 Å². The van der Waals surface area contributed by atoms with E-state index in [4.69, 9.17) is 4.74 Å². The van der Waals surface area contributed by atoms with Gasteiger partial charge in [-0.1, -0.05) is 49.4 Å². The predicted molar refractivity (Wildman–Crippen MR) is 105 cm³/mol. The van der Waals surface area contributed by atoms with E-state index in [2.05, 4.69) is 36.1 Å². The Balaban J connectivity index is 0.00000225.